The van der Waals surface area contributed by atoms with Crippen LogP contribution in [0.15, 0.2) is 12.1 Å². The Kier molecular flexibility index (Phi) is 3.42. The first-order valence-corrected chi connectivity index (χ1v) is 5.37. The fourth-order valence-corrected chi connectivity index (χ4v) is 1.55. The predicted molar refractivity (Wildman–Crippen MR) is 67.6 cm³/mol. The summed E-state index contributed by atoms with van der Waals surface area (Å²) in [7, 11) is 1.55. The van der Waals surface area contributed by atoms with Gasteiger partial charge in [0, 0.05) is 12.7 Å². The van der Waals surface area contributed by atoms with Gasteiger partial charge in [-0.25, -0.2) is 0 Å². The lowest BCUT2D eigenvalue weighted by molar-refractivity contribution is 0.0964. The predicted octanol–water partition coefficient (Wildman–Crippen LogP) is 1.74. The summed E-state index contributed by atoms with van der Waals surface area (Å²) in [6.07, 6.45) is 0. The van der Waals surface area contributed by atoms with Crippen LogP contribution in [0.25, 0.3) is 0 Å². The zero-order valence-corrected chi connectivity index (χ0v) is 10.6. The molecule has 0 fully saturated rings. The second kappa shape index (κ2) is 4.46. The molecule has 0 aliphatic carbocycles. The molecule has 0 unspecified atom stereocenters. The van der Waals surface area contributed by atoms with E-state index in [1.165, 1.54) is 0 Å². The molecule has 0 aliphatic heterocycles. The molecule has 0 bridgehead atoms. The average molecular weight is 231 g/mol. The molecule has 4 heteroatoms. The molecule has 0 heterocycles. The number of nitrogens with two attached hydrogens (primary N) is 1. The van der Waals surface area contributed by atoms with Gasteiger partial charge in [-0.2, -0.15) is 5.26 Å². The number of aryl methyl sites for hydroxylation is 1. The Labute approximate surface area is 101 Å². The minimum absolute atomic E-state index is 0.235. The van der Waals surface area contributed by atoms with Gasteiger partial charge in [0.05, 0.1) is 17.0 Å². The largest absolute Gasteiger partial charge is 0.398 e. The van der Waals surface area contributed by atoms with Gasteiger partial charge in [0.2, 0.25) is 0 Å². The summed E-state index contributed by atoms with van der Waals surface area (Å²) in [5.74, 6) is -0.235. The number of anilines is 1. The zero-order valence-electron chi connectivity index (χ0n) is 10.6. The van der Waals surface area contributed by atoms with Crippen LogP contribution in [0.2, 0.25) is 0 Å². The van der Waals surface area contributed by atoms with E-state index in [2.05, 4.69) is 11.4 Å². The van der Waals surface area contributed by atoms with Crippen molar-refractivity contribution in [2.45, 2.75) is 26.2 Å². The van der Waals surface area contributed by atoms with Gasteiger partial charge >= 0.3 is 0 Å². The fourth-order valence-electron chi connectivity index (χ4n) is 1.55. The third-order valence-corrected chi connectivity index (χ3v) is 2.86. The Bertz CT molecular complexity index is 498. The second-order valence-electron chi connectivity index (χ2n) is 4.57. The van der Waals surface area contributed by atoms with Gasteiger partial charge in [-0.1, -0.05) is 6.07 Å². The summed E-state index contributed by atoms with van der Waals surface area (Å²) < 4.78 is 0. The highest BCUT2D eigenvalue weighted by molar-refractivity contribution is 5.99. The summed E-state index contributed by atoms with van der Waals surface area (Å²) in [6.45, 7) is 5.45. The number of amides is 1. The molecule has 1 aromatic carbocycles. The van der Waals surface area contributed by atoms with Crippen molar-refractivity contribution in [1.82, 2.24) is 5.32 Å². The van der Waals surface area contributed by atoms with Crippen LogP contribution in [0, 0.1) is 18.3 Å². The van der Waals surface area contributed by atoms with Crippen molar-refractivity contribution >= 4 is 11.6 Å². The molecule has 17 heavy (non-hydrogen) atoms. The molecule has 0 aliphatic rings. The number of hydrogen-bond acceptors (Lipinski definition) is 3. The fraction of sp³-hybridized carbons (Fsp3) is 0.385. The van der Waals surface area contributed by atoms with Crippen molar-refractivity contribution in [1.29, 1.82) is 5.26 Å². The smallest absolute Gasteiger partial charge is 0.253 e. The van der Waals surface area contributed by atoms with E-state index in [0.29, 0.717) is 11.3 Å². The van der Waals surface area contributed by atoms with Crippen molar-refractivity contribution in [3.63, 3.8) is 0 Å². The van der Waals surface area contributed by atoms with Gasteiger partial charge in [0.25, 0.3) is 5.91 Å². The molecule has 0 aromatic heterocycles. The molecule has 0 radical (unpaired) electrons. The van der Waals surface area contributed by atoms with Crippen molar-refractivity contribution in [2.75, 3.05) is 12.8 Å². The van der Waals surface area contributed by atoms with Gasteiger partial charge in [0.1, 0.15) is 0 Å². The number of carbonyl (C=O) groups excluding carboxylic acids is 1. The lowest BCUT2D eigenvalue weighted by atomic mass is 9.84. The van der Waals surface area contributed by atoms with E-state index >= 15 is 0 Å². The summed E-state index contributed by atoms with van der Waals surface area (Å²) in [4.78, 5) is 11.7. The van der Waals surface area contributed by atoms with Crippen molar-refractivity contribution in [3.8, 4) is 6.07 Å². The monoisotopic (exact) mass is 231 g/mol. The second-order valence-corrected chi connectivity index (χ2v) is 4.57. The van der Waals surface area contributed by atoms with E-state index in [0.717, 1.165) is 11.1 Å². The number of rotatable bonds is 2. The molecule has 3 N–H and O–H groups in total. The maximum absolute atomic E-state index is 11.7. The van der Waals surface area contributed by atoms with E-state index in [1.807, 2.05) is 26.8 Å². The van der Waals surface area contributed by atoms with E-state index in [9.17, 15) is 4.79 Å². The standard InChI is InChI=1S/C13H17N3O/c1-8-5-9(13(2,3)7-14)6-10(11(8)15)12(17)16-4/h5-6H,15H2,1-4H3,(H,16,17). The molecular formula is C13H17N3O. The van der Waals surface area contributed by atoms with E-state index < -0.39 is 5.41 Å². The maximum atomic E-state index is 11.7. The Morgan fingerprint density at radius 3 is 2.53 bits per heavy atom. The number of carbonyl (C=O) groups is 1. The van der Waals surface area contributed by atoms with Crippen molar-refractivity contribution in [2.24, 2.45) is 0 Å². The summed E-state index contributed by atoms with van der Waals surface area (Å²) in [5.41, 5.74) is 7.72. The summed E-state index contributed by atoms with van der Waals surface area (Å²) in [6, 6.07) is 5.75. The van der Waals surface area contributed by atoms with Gasteiger partial charge in [0.15, 0.2) is 0 Å². The SMILES string of the molecule is CNC(=O)c1cc(C(C)(C)C#N)cc(C)c1N. The normalized spacial score (nSPS) is 10.8. The summed E-state index contributed by atoms with van der Waals surface area (Å²) >= 11 is 0. The molecule has 1 rings (SSSR count). The van der Waals surface area contributed by atoms with Crippen molar-refractivity contribution < 1.29 is 4.79 Å². The van der Waals surface area contributed by atoms with Crippen LogP contribution in [-0.4, -0.2) is 13.0 Å². The van der Waals surface area contributed by atoms with Crippen LogP contribution in [0.3, 0.4) is 0 Å². The van der Waals surface area contributed by atoms with Gasteiger partial charge in [-0.3, -0.25) is 4.79 Å². The third kappa shape index (κ3) is 2.39. The van der Waals surface area contributed by atoms with Gasteiger partial charge in [-0.05, 0) is 38.0 Å². The molecule has 90 valence electrons. The quantitative estimate of drug-likeness (QED) is 0.761. The highest BCUT2D eigenvalue weighted by Gasteiger charge is 2.23. The number of nitriles is 1. The Hall–Kier alpha value is -2.02. The highest BCUT2D eigenvalue weighted by atomic mass is 16.1. The number of nitrogens with one attached hydrogen (secondary N) is 1. The van der Waals surface area contributed by atoms with Crippen LogP contribution < -0.4 is 11.1 Å². The van der Waals surface area contributed by atoms with Crippen LogP contribution >= 0.6 is 0 Å². The van der Waals surface area contributed by atoms with Crippen LogP contribution in [0.1, 0.15) is 35.3 Å². The first kappa shape index (κ1) is 13.0. The molecule has 0 spiro atoms. The van der Waals surface area contributed by atoms with Gasteiger partial charge < -0.3 is 11.1 Å². The number of nitrogen functional groups attached to an aromatic ring is 1. The zero-order chi connectivity index (χ0) is 13.2. The third-order valence-electron chi connectivity index (χ3n) is 2.86. The summed E-state index contributed by atoms with van der Waals surface area (Å²) in [5, 5.41) is 11.7. The molecule has 4 nitrogen and oxygen atoms in total. The maximum Gasteiger partial charge on any atom is 0.253 e. The number of benzene rings is 1. The van der Waals surface area contributed by atoms with E-state index in [4.69, 9.17) is 11.0 Å². The Morgan fingerprint density at radius 1 is 1.47 bits per heavy atom. The molecule has 0 atom stereocenters. The van der Waals surface area contributed by atoms with Crippen molar-refractivity contribution in [3.05, 3.63) is 28.8 Å². The Balaban J connectivity index is 3.45. The Morgan fingerprint density at radius 2 is 2.06 bits per heavy atom. The molecular weight excluding hydrogens is 214 g/mol. The van der Waals surface area contributed by atoms with E-state index in [1.54, 1.807) is 13.1 Å². The lowest BCUT2D eigenvalue weighted by Crippen LogP contribution is -2.22. The minimum Gasteiger partial charge on any atom is -0.398 e. The topological polar surface area (TPSA) is 78.9 Å². The van der Waals surface area contributed by atoms with Crippen LogP contribution in [-0.2, 0) is 5.41 Å². The number of nitrogens with zero attached hydrogens (tertiary/aromatic N) is 1. The van der Waals surface area contributed by atoms with Crippen LogP contribution in [0.5, 0.6) is 0 Å². The highest BCUT2D eigenvalue weighted by Crippen LogP contribution is 2.28. The lowest BCUT2D eigenvalue weighted by Gasteiger charge is -2.19. The molecule has 0 saturated carbocycles. The molecule has 0 saturated heterocycles. The molecule has 1 aromatic rings. The number of hydrogen-bond donors (Lipinski definition) is 2. The minimum atomic E-state index is -0.638. The van der Waals surface area contributed by atoms with Gasteiger partial charge in [-0.15, -0.1) is 0 Å². The first-order valence-electron chi connectivity index (χ1n) is 5.37. The van der Waals surface area contributed by atoms with Crippen LogP contribution in [0.4, 0.5) is 5.69 Å². The van der Waals surface area contributed by atoms with E-state index in [-0.39, 0.29) is 5.91 Å². The molecule has 1 amide bonds. The average Bonchev–Trinajstić information content (AvgIpc) is 2.31. The first-order chi connectivity index (χ1) is 7.83.